The zero-order valence-electron chi connectivity index (χ0n) is 22.9. The highest BCUT2D eigenvalue weighted by molar-refractivity contribution is 6.30. The van der Waals surface area contributed by atoms with Crippen molar-refractivity contribution in [1.82, 2.24) is 9.80 Å². The molecule has 1 aliphatic carbocycles. The molecule has 0 unspecified atom stereocenters. The van der Waals surface area contributed by atoms with Crippen LogP contribution in [0.5, 0.6) is 0 Å². The highest BCUT2D eigenvalue weighted by Crippen LogP contribution is 2.41. The molecule has 0 radical (unpaired) electrons. The number of unbranched alkanes of at least 4 members (excludes halogenated alkanes) is 1. The summed E-state index contributed by atoms with van der Waals surface area (Å²) in [5, 5.41) is 12.7. The van der Waals surface area contributed by atoms with Crippen LogP contribution in [0.15, 0.2) is 24.3 Å². The fraction of sp³-hybridized carbons (Fsp3) is 0.767. The number of likely N-dealkylation sites (tertiary alicyclic amines) is 1. The number of rotatable bonds is 13. The molecule has 1 N–H and O–H groups in total. The van der Waals surface area contributed by atoms with Gasteiger partial charge in [0.1, 0.15) is 0 Å². The Morgan fingerprint density at radius 3 is 2.67 bits per heavy atom. The van der Waals surface area contributed by atoms with E-state index >= 15 is 0 Å². The third-order valence-electron chi connectivity index (χ3n) is 8.41. The number of methoxy groups -OCH3 is 1. The Morgan fingerprint density at radius 1 is 1.19 bits per heavy atom. The summed E-state index contributed by atoms with van der Waals surface area (Å²) in [6.07, 6.45) is 12.7. The number of carbonyl (C=O) groups is 1. The average molecular weight is 521 g/mol. The van der Waals surface area contributed by atoms with Crippen molar-refractivity contribution in [3.05, 3.63) is 34.9 Å². The Balaban J connectivity index is 1.69. The summed E-state index contributed by atoms with van der Waals surface area (Å²) in [7, 11) is 5.94. The maximum Gasteiger partial charge on any atom is 0.222 e. The van der Waals surface area contributed by atoms with Crippen LogP contribution in [0.3, 0.4) is 0 Å². The SMILES string of the molecule is COCCCC[C@@](O)(c1cccc(Cl)c1)[C@@H]1CCCN(C(=O)C[C@@H](CC2CCCCC2)CN(C)C)C1. The molecule has 6 heteroatoms. The average Bonchev–Trinajstić information content (AvgIpc) is 2.87. The first-order valence-electron chi connectivity index (χ1n) is 14.2. The summed E-state index contributed by atoms with van der Waals surface area (Å²) < 4.78 is 5.23. The minimum absolute atomic E-state index is 0.00172. The van der Waals surface area contributed by atoms with Gasteiger partial charge in [-0.1, -0.05) is 55.8 Å². The Kier molecular flexibility index (Phi) is 12.0. The quantitative estimate of drug-likeness (QED) is 0.318. The summed E-state index contributed by atoms with van der Waals surface area (Å²) in [5.74, 6) is 1.43. The molecule has 2 aliphatic rings. The van der Waals surface area contributed by atoms with Crippen LogP contribution in [-0.4, -0.2) is 68.3 Å². The predicted octanol–water partition coefficient (Wildman–Crippen LogP) is 6.12. The summed E-state index contributed by atoms with van der Waals surface area (Å²) in [6.45, 7) is 3.06. The molecule has 1 aliphatic heterocycles. The van der Waals surface area contributed by atoms with E-state index in [-0.39, 0.29) is 11.8 Å². The van der Waals surface area contributed by atoms with Gasteiger partial charge < -0.3 is 19.6 Å². The van der Waals surface area contributed by atoms with Gasteiger partial charge in [-0.2, -0.15) is 0 Å². The van der Waals surface area contributed by atoms with Crippen molar-refractivity contribution in [2.75, 3.05) is 47.4 Å². The molecule has 1 heterocycles. The lowest BCUT2D eigenvalue weighted by Gasteiger charge is -2.43. The number of nitrogens with zero attached hydrogens (tertiary/aromatic N) is 2. The predicted molar refractivity (Wildman–Crippen MR) is 148 cm³/mol. The van der Waals surface area contributed by atoms with Crippen molar-refractivity contribution in [3.63, 3.8) is 0 Å². The lowest BCUT2D eigenvalue weighted by Crippen LogP contribution is -2.48. The molecule has 0 aromatic heterocycles. The van der Waals surface area contributed by atoms with Crippen molar-refractivity contribution in [3.8, 4) is 0 Å². The van der Waals surface area contributed by atoms with Crippen LogP contribution in [0.4, 0.5) is 0 Å². The third kappa shape index (κ3) is 8.72. The second-order valence-corrected chi connectivity index (χ2v) is 12.1. The third-order valence-corrected chi connectivity index (χ3v) is 8.64. The molecule has 2 fully saturated rings. The van der Waals surface area contributed by atoms with E-state index in [1.54, 1.807) is 7.11 Å². The Hall–Kier alpha value is -1.14. The molecule has 1 aromatic carbocycles. The molecule has 204 valence electrons. The van der Waals surface area contributed by atoms with Crippen LogP contribution in [0, 0.1) is 17.8 Å². The van der Waals surface area contributed by atoms with Crippen molar-refractivity contribution in [2.24, 2.45) is 17.8 Å². The van der Waals surface area contributed by atoms with Crippen LogP contribution >= 0.6 is 11.6 Å². The van der Waals surface area contributed by atoms with Crippen molar-refractivity contribution in [2.45, 2.75) is 82.7 Å². The fourth-order valence-corrected chi connectivity index (χ4v) is 6.78. The minimum Gasteiger partial charge on any atom is -0.385 e. The van der Waals surface area contributed by atoms with Crippen molar-refractivity contribution < 1.29 is 14.6 Å². The topological polar surface area (TPSA) is 53.0 Å². The van der Waals surface area contributed by atoms with E-state index in [0.717, 1.165) is 56.7 Å². The Morgan fingerprint density at radius 2 is 1.97 bits per heavy atom. The molecule has 1 aromatic rings. The number of piperidine rings is 1. The fourth-order valence-electron chi connectivity index (χ4n) is 6.59. The first kappa shape index (κ1) is 29.4. The maximum atomic E-state index is 13.6. The van der Waals surface area contributed by atoms with Crippen LogP contribution in [0.2, 0.25) is 5.02 Å². The lowest BCUT2D eigenvalue weighted by molar-refractivity contribution is -0.138. The molecule has 1 saturated carbocycles. The highest BCUT2D eigenvalue weighted by atomic mass is 35.5. The standard InChI is InChI=1S/C30H49ClN2O3/c1-32(2)22-25(19-24-11-5-4-6-12-24)20-29(34)33-17-10-14-27(23-33)30(35,16-7-8-18-36-3)26-13-9-15-28(31)21-26/h9,13,15,21,24-25,27,35H,4-8,10-12,14,16-20,22-23H2,1-3H3/t25-,27-,30-/m1/s1. The smallest absolute Gasteiger partial charge is 0.222 e. The van der Waals surface area contributed by atoms with Gasteiger partial charge in [-0.25, -0.2) is 0 Å². The van der Waals surface area contributed by atoms with E-state index in [2.05, 4.69) is 19.0 Å². The largest absolute Gasteiger partial charge is 0.385 e. The molecule has 5 nitrogen and oxygen atoms in total. The second-order valence-electron chi connectivity index (χ2n) is 11.6. The highest BCUT2D eigenvalue weighted by Gasteiger charge is 2.41. The number of ether oxygens (including phenoxy) is 1. The monoisotopic (exact) mass is 520 g/mol. The Bertz CT molecular complexity index is 798. The van der Waals surface area contributed by atoms with Crippen molar-refractivity contribution in [1.29, 1.82) is 0 Å². The molecular weight excluding hydrogens is 472 g/mol. The van der Waals surface area contributed by atoms with E-state index in [0.29, 0.717) is 36.9 Å². The normalized spacial score (nSPS) is 21.9. The molecule has 36 heavy (non-hydrogen) atoms. The summed E-state index contributed by atoms with van der Waals surface area (Å²) in [4.78, 5) is 17.9. The van der Waals surface area contributed by atoms with E-state index < -0.39 is 5.60 Å². The van der Waals surface area contributed by atoms with E-state index in [1.165, 1.54) is 32.1 Å². The number of hydrogen-bond donors (Lipinski definition) is 1. The van der Waals surface area contributed by atoms with E-state index in [9.17, 15) is 9.90 Å². The van der Waals surface area contributed by atoms with Gasteiger partial charge in [0.2, 0.25) is 5.91 Å². The molecular formula is C30H49ClN2O3. The minimum atomic E-state index is -0.997. The van der Waals surface area contributed by atoms with Crippen LogP contribution in [-0.2, 0) is 15.1 Å². The summed E-state index contributed by atoms with van der Waals surface area (Å²) in [5.41, 5.74) is -0.127. The molecule has 0 spiro atoms. The number of benzene rings is 1. The zero-order valence-corrected chi connectivity index (χ0v) is 23.6. The van der Waals surface area contributed by atoms with Gasteiger partial charge in [0.05, 0.1) is 5.60 Å². The van der Waals surface area contributed by atoms with Crippen LogP contribution in [0.25, 0.3) is 0 Å². The first-order chi connectivity index (χ1) is 17.3. The molecule has 0 bridgehead atoms. The van der Waals surface area contributed by atoms with Crippen LogP contribution < -0.4 is 0 Å². The summed E-state index contributed by atoms with van der Waals surface area (Å²) in [6, 6.07) is 7.65. The van der Waals surface area contributed by atoms with Gasteiger partial charge in [0.25, 0.3) is 0 Å². The zero-order chi connectivity index (χ0) is 26.0. The van der Waals surface area contributed by atoms with Gasteiger partial charge >= 0.3 is 0 Å². The molecule has 1 saturated heterocycles. The summed E-state index contributed by atoms with van der Waals surface area (Å²) >= 11 is 6.33. The number of halogens is 1. The van der Waals surface area contributed by atoms with E-state index in [1.807, 2.05) is 29.2 Å². The molecule has 1 amide bonds. The molecule has 3 rings (SSSR count). The first-order valence-corrected chi connectivity index (χ1v) is 14.6. The van der Waals surface area contributed by atoms with Gasteiger partial charge in [-0.05, 0) is 82.2 Å². The van der Waals surface area contributed by atoms with Crippen LogP contribution in [0.1, 0.15) is 82.6 Å². The molecule has 3 atom stereocenters. The van der Waals surface area contributed by atoms with Gasteiger partial charge in [0, 0.05) is 50.7 Å². The number of amides is 1. The second kappa shape index (κ2) is 14.7. The lowest BCUT2D eigenvalue weighted by atomic mass is 9.74. The van der Waals surface area contributed by atoms with Gasteiger partial charge in [0.15, 0.2) is 0 Å². The number of aliphatic hydroxyl groups is 1. The van der Waals surface area contributed by atoms with Gasteiger partial charge in [-0.15, -0.1) is 0 Å². The van der Waals surface area contributed by atoms with Crippen molar-refractivity contribution >= 4 is 17.5 Å². The number of carbonyl (C=O) groups excluding carboxylic acids is 1. The van der Waals surface area contributed by atoms with Gasteiger partial charge in [-0.3, -0.25) is 4.79 Å². The maximum absolute atomic E-state index is 13.6. The number of hydrogen-bond acceptors (Lipinski definition) is 4. The van der Waals surface area contributed by atoms with E-state index in [4.69, 9.17) is 16.3 Å². The Labute approximate surface area is 224 Å².